The van der Waals surface area contributed by atoms with E-state index in [4.69, 9.17) is 4.74 Å². The summed E-state index contributed by atoms with van der Waals surface area (Å²) >= 11 is 0. The molecule has 2 rings (SSSR count). The van der Waals surface area contributed by atoms with Gasteiger partial charge < -0.3 is 10.1 Å². The topological polar surface area (TPSA) is 84.5 Å². The molecule has 2 aromatic rings. The molecule has 9 heteroatoms. The molecule has 0 aliphatic heterocycles. The van der Waals surface area contributed by atoms with Gasteiger partial charge in [-0.1, -0.05) is 6.07 Å². The summed E-state index contributed by atoms with van der Waals surface area (Å²) < 4.78 is 59.3. The molecule has 0 aliphatic carbocycles. The first kappa shape index (κ1) is 19.6. The lowest BCUT2D eigenvalue weighted by Crippen LogP contribution is -2.30. The highest BCUT2D eigenvalue weighted by atomic mass is 32.2. The van der Waals surface area contributed by atoms with E-state index in [1.165, 1.54) is 19.2 Å². The second-order valence-electron chi connectivity index (χ2n) is 5.69. The summed E-state index contributed by atoms with van der Waals surface area (Å²) in [6.45, 7) is 3.49. The van der Waals surface area contributed by atoms with Crippen LogP contribution in [0.1, 0.15) is 24.2 Å². The molecule has 0 heterocycles. The lowest BCUT2D eigenvalue weighted by Gasteiger charge is -2.14. The molecule has 2 aromatic carbocycles. The molecule has 0 unspecified atom stereocenters. The first-order valence-electron chi connectivity index (χ1n) is 7.61. The number of ether oxygens (including phenoxy) is 1. The van der Waals surface area contributed by atoms with Gasteiger partial charge in [-0.3, -0.25) is 9.52 Å². The normalized spacial score (nSPS) is 11.3. The first-order chi connectivity index (χ1) is 12.2. The van der Waals surface area contributed by atoms with Crippen molar-refractivity contribution in [1.29, 1.82) is 0 Å². The Labute approximate surface area is 150 Å². The maximum Gasteiger partial charge on any atom is 0.262 e. The number of nitrogens with one attached hydrogen (secondary N) is 2. The minimum absolute atomic E-state index is 0.0157. The summed E-state index contributed by atoms with van der Waals surface area (Å²) in [4.78, 5) is 11.9. The number of sulfonamides is 1. The van der Waals surface area contributed by atoms with Crippen LogP contribution in [0.5, 0.6) is 5.75 Å². The van der Waals surface area contributed by atoms with Crippen LogP contribution >= 0.6 is 0 Å². The van der Waals surface area contributed by atoms with Crippen molar-refractivity contribution in [1.82, 2.24) is 5.32 Å². The van der Waals surface area contributed by atoms with Crippen molar-refractivity contribution in [3.63, 3.8) is 0 Å². The van der Waals surface area contributed by atoms with Crippen LogP contribution in [-0.2, 0) is 10.0 Å². The zero-order chi connectivity index (χ0) is 19.5. The van der Waals surface area contributed by atoms with Gasteiger partial charge in [-0.25, -0.2) is 17.2 Å². The van der Waals surface area contributed by atoms with E-state index in [0.29, 0.717) is 0 Å². The largest absolute Gasteiger partial charge is 0.496 e. The van der Waals surface area contributed by atoms with Gasteiger partial charge in [-0.15, -0.1) is 0 Å². The number of hydrogen-bond donors (Lipinski definition) is 2. The molecule has 0 atom stereocenters. The fourth-order valence-electron chi connectivity index (χ4n) is 2.16. The van der Waals surface area contributed by atoms with E-state index in [1.807, 2.05) is 4.72 Å². The Kier molecular flexibility index (Phi) is 5.81. The van der Waals surface area contributed by atoms with Crippen LogP contribution in [0.4, 0.5) is 14.5 Å². The standard InChI is InChI=1S/C17H18F2N2O4S/c1-10(2)20-17(22)12-9-11(7-8-15(12)25-3)26(23,24)21-16-13(18)5-4-6-14(16)19/h4-10,21H,1-3H3,(H,20,22). The summed E-state index contributed by atoms with van der Waals surface area (Å²) in [5, 5.41) is 2.63. The van der Waals surface area contributed by atoms with E-state index in [0.717, 1.165) is 24.3 Å². The van der Waals surface area contributed by atoms with E-state index >= 15 is 0 Å². The monoisotopic (exact) mass is 384 g/mol. The Morgan fingerprint density at radius 2 is 1.73 bits per heavy atom. The minimum atomic E-state index is -4.33. The highest BCUT2D eigenvalue weighted by Gasteiger charge is 2.22. The number of methoxy groups -OCH3 is 1. The Balaban J connectivity index is 2.45. The molecule has 0 bridgehead atoms. The van der Waals surface area contributed by atoms with E-state index in [2.05, 4.69) is 5.32 Å². The zero-order valence-electron chi connectivity index (χ0n) is 14.3. The van der Waals surface area contributed by atoms with Crippen LogP contribution in [0, 0.1) is 11.6 Å². The van der Waals surface area contributed by atoms with Crippen LogP contribution < -0.4 is 14.8 Å². The molecule has 2 N–H and O–H groups in total. The first-order valence-corrected chi connectivity index (χ1v) is 9.09. The maximum absolute atomic E-state index is 13.7. The third kappa shape index (κ3) is 4.29. The van der Waals surface area contributed by atoms with Gasteiger partial charge in [-0.05, 0) is 44.2 Å². The van der Waals surface area contributed by atoms with Crippen molar-refractivity contribution in [3.8, 4) is 5.75 Å². The number of carbonyl (C=O) groups excluding carboxylic acids is 1. The quantitative estimate of drug-likeness (QED) is 0.802. The van der Waals surface area contributed by atoms with Gasteiger partial charge in [0.2, 0.25) is 0 Å². The number of para-hydroxylation sites is 1. The van der Waals surface area contributed by atoms with Crippen molar-refractivity contribution >= 4 is 21.6 Å². The number of carbonyl (C=O) groups is 1. The molecule has 1 amide bonds. The number of benzene rings is 2. The SMILES string of the molecule is COc1ccc(S(=O)(=O)Nc2c(F)cccc2F)cc1C(=O)NC(C)C. The number of hydrogen-bond acceptors (Lipinski definition) is 4. The molecule has 0 saturated carbocycles. The Morgan fingerprint density at radius 3 is 2.27 bits per heavy atom. The molecule has 140 valence electrons. The summed E-state index contributed by atoms with van der Waals surface area (Å²) in [5.41, 5.74) is -0.811. The Hall–Kier alpha value is -2.68. The number of halogens is 2. The van der Waals surface area contributed by atoms with Crippen LogP contribution in [-0.4, -0.2) is 27.5 Å². The number of rotatable bonds is 6. The van der Waals surface area contributed by atoms with Gasteiger partial charge in [0.25, 0.3) is 15.9 Å². The minimum Gasteiger partial charge on any atom is -0.496 e. The lowest BCUT2D eigenvalue weighted by atomic mass is 10.2. The predicted octanol–water partition coefficient (Wildman–Crippen LogP) is 2.91. The smallest absolute Gasteiger partial charge is 0.262 e. The Bertz CT molecular complexity index is 910. The van der Waals surface area contributed by atoms with E-state index in [-0.39, 0.29) is 22.3 Å². The number of amides is 1. The highest BCUT2D eigenvalue weighted by molar-refractivity contribution is 7.92. The second kappa shape index (κ2) is 7.69. The molecule has 6 nitrogen and oxygen atoms in total. The van der Waals surface area contributed by atoms with Crippen molar-refractivity contribution < 1.29 is 26.7 Å². The molecular weight excluding hydrogens is 366 g/mol. The molecular formula is C17H18F2N2O4S. The second-order valence-corrected chi connectivity index (χ2v) is 7.37. The van der Waals surface area contributed by atoms with Gasteiger partial charge in [0.15, 0.2) is 0 Å². The summed E-state index contributed by atoms with van der Waals surface area (Å²) in [7, 11) is -3.00. The molecule has 0 spiro atoms. The Morgan fingerprint density at radius 1 is 1.12 bits per heavy atom. The highest BCUT2D eigenvalue weighted by Crippen LogP contribution is 2.26. The van der Waals surface area contributed by atoms with Crippen molar-refractivity contribution in [2.45, 2.75) is 24.8 Å². The van der Waals surface area contributed by atoms with E-state index in [1.54, 1.807) is 13.8 Å². The zero-order valence-corrected chi connectivity index (χ0v) is 15.2. The average Bonchev–Trinajstić information content (AvgIpc) is 2.57. The summed E-state index contributed by atoms with van der Waals surface area (Å²) in [5.74, 6) is -2.48. The number of anilines is 1. The molecule has 26 heavy (non-hydrogen) atoms. The maximum atomic E-state index is 13.7. The average molecular weight is 384 g/mol. The molecule has 0 aromatic heterocycles. The van der Waals surface area contributed by atoms with Gasteiger partial charge in [0.1, 0.15) is 23.1 Å². The summed E-state index contributed by atoms with van der Waals surface area (Å²) in [6, 6.07) is 6.33. The third-order valence-corrected chi connectivity index (χ3v) is 4.69. The van der Waals surface area contributed by atoms with Crippen LogP contribution in [0.25, 0.3) is 0 Å². The van der Waals surface area contributed by atoms with Gasteiger partial charge in [-0.2, -0.15) is 0 Å². The van der Waals surface area contributed by atoms with Crippen molar-refractivity contribution in [3.05, 3.63) is 53.6 Å². The van der Waals surface area contributed by atoms with Crippen molar-refractivity contribution in [2.24, 2.45) is 0 Å². The predicted molar refractivity (Wildman–Crippen MR) is 92.8 cm³/mol. The van der Waals surface area contributed by atoms with Crippen molar-refractivity contribution in [2.75, 3.05) is 11.8 Å². The fourth-order valence-corrected chi connectivity index (χ4v) is 3.26. The van der Waals surface area contributed by atoms with Crippen LogP contribution in [0.2, 0.25) is 0 Å². The lowest BCUT2D eigenvalue weighted by molar-refractivity contribution is 0.0940. The molecule has 0 radical (unpaired) electrons. The molecule has 0 fully saturated rings. The molecule has 0 saturated heterocycles. The van der Waals surface area contributed by atoms with E-state index < -0.39 is 33.3 Å². The fraction of sp³-hybridized carbons (Fsp3) is 0.235. The van der Waals surface area contributed by atoms with E-state index in [9.17, 15) is 22.0 Å². The van der Waals surface area contributed by atoms with Crippen LogP contribution in [0.3, 0.4) is 0 Å². The van der Waals surface area contributed by atoms with Gasteiger partial charge in [0.05, 0.1) is 17.6 Å². The van der Waals surface area contributed by atoms with Crippen LogP contribution in [0.15, 0.2) is 41.3 Å². The van der Waals surface area contributed by atoms with Gasteiger partial charge >= 0.3 is 0 Å². The molecule has 0 aliphatic rings. The third-order valence-electron chi connectivity index (χ3n) is 3.34. The summed E-state index contributed by atoms with van der Waals surface area (Å²) in [6.07, 6.45) is 0. The van der Waals surface area contributed by atoms with Gasteiger partial charge in [0, 0.05) is 6.04 Å².